The zero-order valence-corrected chi connectivity index (χ0v) is 11.9. The minimum absolute atomic E-state index is 0.298. The summed E-state index contributed by atoms with van der Waals surface area (Å²) in [4.78, 5) is 8.19. The summed E-state index contributed by atoms with van der Waals surface area (Å²) in [6.45, 7) is 5.44. The molecule has 1 aromatic heterocycles. The number of piperidine rings is 1. The first kappa shape index (κ1) is 13.8. The molecule has 1 aliphatic heterocycles. The maximum atomic E-state index is 9.13. The number of nitrogens with zero attached hydrogens (tertiary/aromatic N) is 2. The van der Waals surface area contributed by atoms with E-state index in [0.29, 0.717) is 12.6 Å². The highest BCUT2D eigenvalue weighted by molar-refractivity contribution is 7.15. The van der Waals surface area contributed by atoms with E-state index >= 15 is 0 Å². The number of rotatable bonds is 6. The predicted molar refractivity (Wildman–Crippen MR) is 76.0 cm³/mol. The number of anilines is 1. The molecule has 1 saturated heterocycles. The maximum absolute atomic E-state index is 9.13. The van der Waals surface area contributed by atoms with Crippen LogP contribution < -0.4 is 5.32 Å². The topological polar surface area (TPSA) is 48.4 Å². The van der Waals surface area contributed by atoms with Crippen LogP contribution in [0.2, 0.25) is 0 Å². The van der Waals surface area contributed by atoms with Gasteiger partial charge in [-0.3, -0.25) is 4.90 Å². The van der Waals surface area contributed by atoms with E-state index < -0.39 is 0 Å². The lowest BCUT2D eigenvalue weighted by molar-refractivity contribution is 0.113. The fourth-order valence-electron chi connectivity index (χ4n) is 2.56. The molecule has 0 radical (unpaired) electrons. The third kappa shape index (κ3) is 3.67. The van der Waals surface area contributed by atoms with Crippen LogP contribution in [0.1, 0.15) is 37.5 Å². The van der Waals surface area contributed by atoms with Crippen LogP contribution in [0.5, 0.6) is 0 Å². The standard InChI is InChI=1S/C13H23N3OS/c1-2-14-13-15-9-12(18-13)10-16-7-4-3-5-11(16)6-8-17/h9,11,17H,2-8,10H2,1H3,(H,14,15). The normalized spacial score (nSPS) is 21.1. The lowest BCUT2D eigenvalue weighted by Crippen LogP contribution is -2.39. The third-order valence-electron chi connectivity index (χ3n) is 3.45. The molecule has 0 saturated carbocycles. The van der Waals surface area contributed by atoms with Gasteiger partial charge in [0.05, 0.1) is 0 Å². The quantitative estimate of drug-likeness (QED) is 0.832. The highest BCUT2D eigenvalue weighted by atomic mass is 32.1. The first-order chi connectivity index (χ1) is 8.83. The molecule has 4 nitrogen and oxygen atoms in total. The van der Waals surface area contributed by atoms with Crippen molar-refractivity contribution >= 4 is 16.5 Å². The maximum Gasteiger partial charge on any atom is 0.182 e. The van der Waals surface area contributed by atoms with Crippen molar-refractivity contribution < 1.29 is 5.11 Å². The van der Waals surface area contributed by atoms with Crippen molar-refractivity contribution in [3.05, 3.63) is 11.1 Å². The number of aliphatic hydroxyl groups excluding tert-OH is 1. The van der Waals surface area contributed by atoms with Crippen LogP contribution in [-0.2, 0) is 6.54 Å². The Morgan fingerprint density at radius 1 is 1.56 bits per heavy atom. The number of aliphatic hydroxyl groups is 1. The summed E-state index contributed by atoms with van der Waals surface area (Å²) in [5.74, 6) is 0. The Morgan fingerprint density at radius 2 is 2.44 bits per heavy atom. The molecule has 0 aliphatic carbocycles. The van der Waals surface area contributed by atoms with Gasteiger partial charge < -0.3 is 10.4 Å². The van der Waals surface area contributed by atoms with Gasteiger partial charge >= 0.3 is 0 Å². The highest BCUT2D eigenvalue weighted by Crippen LogP contribution is 2.25. The fourth-order valence-corrected chi connectivity index (χ4v) is 3.46. The van der Waals surface area contributed by atoms with Gasteiger partial charge in [0, 0.05) is 36.8 Å². The van der Waals surface area contributed by atoms with Crippen molar-refractivity contribution in [1.82, 2.24) is 9.88 Å². The zero-order chi connectivity index (χ0) is 12.8. The highest BCUT2D eigenvalue weighted by Gasteiger charge is 2.22. The molecule has 0 aromatic carbocycles. The second-order valence-corrected chi connectivity index (χ2v) is 5.91. The minimum atomic E-state index is 0.298. The van der Waals surface area contributed by atoms with Crippen molar-refractivity contribution in [2.75, 3.05) is 25.0 Å². The minimum Gasteiger partial charge on any atom is -0.396 e. The molecule has 102 valence electrons. The van der Waals surface area contributed by atoms with Crippen LogP contribution in [0.4, 0.5) is 5.13 Å². The second kappa shape index (κ2) is 7.07. The van der Waals surface area contributed by atoms with E-state index in [1.54, 1.807) is 11.3 Å². The number of hydrogen-bond donors (Lipinski definition) is 2. The average molecular weight is 269 g/mol. The molecule has 1 unspecified atom stereocenters. The van der Waals surface area contributed by atoms with Gasteiger partial charge in [-0.25, -0.2) is 4.98 Å². The Bertz CT molecular complexity index is 354. The molecule has 2 rings (SSSR count). The van der Waals surface area contributed by atoms with Gasteiger partial charge in [0.1, 0.15) is 0 Å². The second-order valence-electron chi connectivity index (χ2n) is 4.79. The molecule has 1 fully saturated rings. The Kier molecular flexibility index (Phi) is 5.41. The van der Waals surface area contributed by atoms with Gasteiger partial charge in [0.25, 0.3) is 0 Å². The van der Waals surface area contributed by atoms with Crippen LogP contribution >= 0.6 is 11.3 Å². The van der Waals surface area contributed by atoms with Crippen LogP contribution in [0.15, 0.2) is 6.20 Å². The lowest BCUT2D eigenvalue weighted by atomic mass is 10.00. The molecular formula is C13H23N3OS. The number of hydrogen-bond acceptors (Lipinski definition) is 5. The van der Waals surface area contributed by atoms with Crippen molar-refractivity contribution in [3.8, 4) is 0 Å². The van der Waals surface area contributed by atoms with E-state index in [2.05, 4.69) is 22.1 Å². The van der Waals surface area contributed by atoms with Gasteiger partial charge in [0.15, 0.2) is 5.13 Å². The predicted octanol–water partition coefficient (Wildman–Crippen LogP) is 2.31. The monoisotopic (exact) mass is 269 g/mol. The molecule has 1 aromatic rings. The summed E-state index contributed by atoms with van der Waals surface area (Å²) < 4.78 is 0. The van der Waals surface area contributed by atoms with Crippen molar-refractivity contribution in [2.45, 2.75) is 45.2 Å². The van der Waals surface area contributed by atoms with Crippen LogP contribution in [0, 0.1) is 0 Å². The van der Waals surface area contributed by atoms with E-state index in [0.717, 1.165) is 31.2 Å². The van der Waals surface area contributed by atoms with Gasteiger partial charge in [-0.05, 0) is 32.7 Å². The zero-order valence-electron chi connectivity index (χ0n) is 11.1. The number of nitrogens with one attached hydrogen (secondary N) is 1. The number of aromatic nitrogens is 1. The molecule has 18 heavy (non-hydrogen) atoms. The van der Waals surface area contributed by atoms with Crippen molar-refractivity contribution in [3.63, 3.8) is 0 Å². The Balaban J connectivity index is 1.92. The van der Waals surface area contributed by atoms with Gasteiger partial charge in [-0.15, -0.1) is 11.3 Å². The summed E-state index contributed by atoms with van der Waals surface area (Å²) in [7, 11) is 0. The van der Waals surface area contributed by atoms with E-state index in [-0.39, 0.29) is 0 Å². The van der Waals surface area contributed by atoms with Gasteiger partial charge in [-0.2, -0.15) is 0 Å². The molecule has 1 aliphatic rings. The largest absolute Gasteiger partial charge is 0.396 e. The summed E-state index contributed by atoms with van der Waals surface area (Å²) in [5, 5.41) is 13.4. The van der Waals surface area contributed by atoms with Crippen LogP contribution in [-0.4, -0.2) is 40.7 Å². The Morgan fingerprint density at radius 3 is 3.22 bits per heavy atom. The SMILES string of the molecule is CCNc1ncc(CN2CCCCC2CCO)s1. The molecular weight excluding hydrogens is 246 g/mol. The summed E-state index contributed by atoms with van der Waals surface area (Å²) in [6.07, 6.45) is 6.68. The van der Waals surface area contributed by atoms with Gasteiger partial charge in [0.2, 0.25) is 0 Å². The lowest BCUT2D eigenvalue weighted by Gasteiger charge is -2.35. The molecule has 0 spiro atoms. The van der Waals surface area contributed by atoms with Crippen molar-refractivity contribution in [1.29, 1.82) is 0 Å². The average Bonchev–Trinajstić information content (AvgIpc) is 2.80. The first-order valence-electron chi connectivity index (χ1n) is 6.87. The Hall–Kier alpha value is -0.650. The molecule has 0 amide bonds. The summed E-state index contributed by atoms with van der Waals surface area (Å²) in [6, 6.07) is 0.549. The number of likely N-dealkylation sites (tertiary alicyclic amines) is 1. The smallest absolute Gasteiger partial charge is 0.182 e. The van der Waals surface area contributed by atoms with Gasteiger partial charge in [-0.1, -0.05) is 6.42 Å². The van der Waals surface area contributed by atoms with E-state index in [4.69, 9.17) is 5.11 Å². The molecule has 2 N–H and O–H groups in total. The first-order valence-corrected chi connectivity index (χ1v) is 7.68. The van der Waals surface area contributed by atoms with Crippen LogP contribution in [0.3, 0.4) is 0 Å². The fraction of sp³-hybridized carbons (Fsp3) is 0.769. The molecule has 0 bridgehead atoms. The summed E-state index contributed by atoms with van der Waals surface area (Å²) >= 11 is 1.74. The number of thiazole rings is 1. The van der Waals surface area contributed by atoms with Crippen molar-refractivity contribution in [2.24, 2.45) is 0 Å². The van der Waals surface area contributed by atoms with E-state index in [1.807, 2.05) is 6.20 Å². The van der Waals surface area contributed by atoms with E-state index in [9.17, 15) is 0 Å². The molecule has 5 heteroatoms. The molecule has 2 heterocycles. The van der Waals surface area contributed by atoms with Crippen LogP contribution in [0.25, 0.3) is 0 Å². The third-order valence-corrected chi connectivity index (χ3v) is 4.39. The van der Waals surface area contributed by atoms with E-state index in [1.165, 1.54) is 24.1 Å². The Labute approximate surface area is 113 Å². The summed E-state index contributed by atoms with van der Waals surface area (Å²) in [5.41, 5.74) is 0. The molecule has 1 atom stereocenters.